The number of methoxy groups -OCH3 is 1. The molecule has 3 aromatic rings. The van der Waals surface area contributed by atoms with Crippen molar-refractivity contribution in [3.05, 3.63) is 70.9 Å². The topological polar surface area (TPSA) is 86.7 Å². The maximum Gasteiger partial charge on any atom is 0.157 e. The quantitative estimate of drug-likeness (QED) is 0.649. The number of fused-ring (bicyclic) bond motifs is 1. The van der Waals surface area contributed by atoms with Crippen molar-refractivity contribution in [3.8, 4) is 5.75 Å². The Kier molecular flexibility index (Phi) is 5.26. The van der Waals surface area contributed by atoms with Crippen LogP contribution in [0.2, 0.25) is 0 Å². The minimum Gasteiger partial charge on any atom is -0.495 e. The van der Waals surface area contributed by atoms with Gasteiger partial charge in [-0.05, 0) is 13.0 Å². The fraction of sp³-hybridized carbons (Fsp3) is 0.238. The molecule has 0 amide bonds. The molecule has 2 heterocycles. The number of nitrogens with two attached hydrogens (primary N) is 1. The molecule has 0 radical (unpaired) electrons. The maximum absolute atomic E-state index is 14.6. The Morgan fingerprint density at radius 3 is 2.60 bits per heavy atom. The highest BCUT2D eigenvalue weighted by atomic mass is 19.1. The molecule has 3 N–H and O–H groups in total. The Labute approximate surface area is 171 Å². The first-order valence-corrected chi connectivity index (χ1v) is 9.42. The van der Waals surface area contributed by atoms with E-state index in [4.69, 9.17) is 15.2 Å². The molecule has 1 aliphatic rings. The third-order valence-electron chi connectivity index (χ3n) is 4.80. The summed E-state index contributed by atoms with van der Waals surface area (Å²) in [5.74, 6) is 0.120. The number of amidine groups is 1. The van der Waals surface area contributed by atoms with Crippen molar-refractivity contribution in [3.63, 3.8) is 0 Å². The van der Waals surface area contributed by atoms with Gasteiger partial charge in [0.15, 0.2) is 11.6 Å². The van der Waals surface area contributed by atoms with Crippen molar-refractivity contribution < 1.29 is 18.3 Å². The Hall–Kier alpha value is -3.62. The number of nitrogens with one attached hydrogen (secondary N) is 1. The molecule has 7 nitrogen and oxygen atoms in total. The molecule has 0 saturated carbocycles. The molecule has 156 valence electrons. The van der Waals surface area contributed by atoms with Crippen LogP contribution in [-0.2, 0) is 11.3 Å². The fourth-order valence-corrected chi connectivity index (χ4v) is 3.33. The van der Waals surface area contributed by atoms with Gasteiger partial charge in [0.05, 0.1) is 25.8 Å². The van der Waals surface area contributed by atoms with Gasteiger partial charge in [-0.2, -0.15) is 5.10 Å². The van der Waals surface area contributed by atoms with Gasteiger partial charge in [0, 0.05) is 23.1 Å². The zero-order valence-corrected chi connectivity index (χ0v) is 16.6. The minimum atomic E-state index is -0.690. The van der Waals surface area contributed by atoms with Gasteiger partial charge in [-0.15, -0.1) is 0 Å². The summed E-state index contributed by atoms with van der Waals surface area (Å²) in [7, 11) is 1.52. The molecule has 9 heteroatoms. The first-order chi connectivity index (χ1) is 14.5. The number of halogens is 2. The molecule has 0 unspecified atom stereocenters. The Bertz CT molecular complexity index is 1150. The molecule has 2 aromatic carbocycles. The van der Waals surface area contributed by atoms with Gasteiger partial charge in [-0.1, -0.05) is 18.2 Å². The van der Waals surface area contributed by atoms with Crippen LogP contribution in [0.25, 0.3) is 10.9 Å². The van der Waals surface area contributed by atoms with Gasteiger partial charge < -0.3 is 20.5 Å². The van der Waals surface area contributed by atoms with Crippen LogP contribution in [0, 0.1) is 11.6 Å². The van der Waals surface area contributed by atoms with Gasteiger partial charge in [-0.25, -0.2) is 8.78 Å². The number of para-hydroxylation sites is 1. The minimum absolute atomic E-state index is 0.0908. The van der Waals surface area contributed by atoms with Crippen LogP contribution in [0.15, 0.2) is 53.0 Å². The van der Waals surface area contributed by atoms with Gasteiger partial charge in [0.1, 0.15) is 35.4 Å². The van der Waals surface area contributed by atoms with Crippen LogP contribution in [0.4, 0.5) is 8.78 Å². The van der Waals surface area contributed by atoms with Gasteiger partial charge >= 0.3 is 0 Å². The SMILES string of the molecule is CCOc1cc(F)c(Cn2nc(C3=NCC(OC)=C(N)N3)c3ccccc32)c(F)c1. The second kappa shape index (κ2) is 8.02. The van der Waals surface area contributed by atoms with Crippen molar-refractivity contribution in [1.82, 2.24) is 15.1 Å². The lowest BCUT2D eigenvalue weighted by Gasteiger charge is -2.17. The summed E-state index contributed by atoms with van der Waals surface area (Å²) in [4.78, 5) is 4.44. The molecule has 0 fully saturated rings. The van der Waals surface area contributed by atoms with Gasteiger partial charge in [0.25, 0.3) is 0 Å². The van der Waals surface area contributed by atoms with E-state index in [2.05, 4.69) is 15.4 Å². The molecule has 0 saturated heterocycles. The van der Waals surface area contributed by atoms with Crippen LogP contribution in [-0.4, -0.2) is 35.9 Å². The summed E-state index contributed by atoms with van der Waals surface area (Å²) in [6.07, 6.45) is 0. The third kappa shape index (κ3) is 3.54. The zero-order chi connectivity index (χ0) is 21.3. The maximum atomic E-state index is 14.6. The molecule has 1 aliphatic heterocycles. The second-order valence-corrected chi connectivity index (χ2v) is 6.65. The van der Waals surface area contributed by atoms with E-state index in [0.717, 1.165) is 5.39 Å². The molecule has 1 aromatic heterocycles. The number of hydrogen-bond acceptors (Lipinski definition) is 6. The molecule has 0 bridgehead atoms. The lowest BCUT2D eigenvalue weighted by Crippen LogP contribution is -2.34. The molecule has 0 aliphatic carbocycles. The summed E-state index contributed by atoms with van der Waals surface area (Å²) in [5, 5.41) is 8.35. The highest BCUT2D eigenvalue weighted by Gasteiger charge is 2.22. The summed E-state index contributed by atoms with van der Waals surface area (Å²) in [5.41, 5.74) is 7.14. The molecule has 0 atom stereocenters. The Morgan fingerprint density at radius 2 is 1.93 bits per heavy atom. The second-order valence-electron chi connectivity index (χ2n) is 6.65. The largest absolute Gasteiger partial charge is 0.495 e. The van der Waals surface area contributed by atoms with Gasteiger partial charge in [0.2, 0.25) is 0 Å². The average Bonchev–Trinajstić information content (AvgIpc) is 3.09. The van der Waals surface area contributed by atoms with Crippen molar-refractivity contribution in [2.24, 2.45) is 10.7 Å². The van der Waals surface area contributed by atoms with Crippen LogP contribution in [0.1, 0.15) is 18.2 Å². The monoisotopic (exact) mass is 413 g/mol. The highest BCUT2D eigenvalue weighted by molar-refractivity contribution is 6.08. The Balaban J connectivity index is 1.73. The number of aliphatic imine (C=N–C) groups is 1. The molecular weight excluding hydrogens is 392 g/mol. The highest BCUT2D eigenvalue weighted by Crippen LogP contribution is 2.25. The number of hydrogen-bond donors (Lipinski definition) is 2. The van der Waals surface area contributed by atoms with E-state index in [9.17, 15) is 8.78 Å². The number of nitrogens with zero attached hydrogens (tertiary/aromatic N) is 3. The molecule has 4 rings (SSSR count). The van der Waals surface area contributed by atoms with E-state index in [1.165, 1.54) is 19.2 Å². The summed E-state index contributed by atoms with van der Waals surface area (Å²) >= 11 is 0. The van der Waals surface area contributed by atoms with Crippen LogP contribution >= 0.6 is 0 Å². The number of rotatable bonds is 6. The van der Waals surface area contributed by atoms with Crippen LogP contribution in [0.3, 0.4) is 0 Å². The van der Waals surface area contributed by atoms with E-state index in [0.29, 0.717) is 35.2 Å². The van der Waals surface area contributed by atoms with E-state index in [1.54, 1.807) is 11.6 Å². The number of ether oxygens (including phenoxy) is 2. The molecular formula is C21H21F2N5O2. The summed E-state index contributed by atoms with van der Waals surface area (Å²) < 4.78 is 41.1. The smallest absolute Gasteiger partial charge is 0.157 e. The van der Waals surface area contributed by atoms with Crippen molar-refractivity contribution >= 4 is 16.7 Å². The standard InChI is InChI=1S/C21H21F2N5O2/c1-3-30-12-8-15(22)14(16(23)9-12)11-28-17-7-5-4-6-13(17)19(27-28)21-25-10-18(29-2)20(24)26-21/h4-9H,3,10-11,24H2,1-2H3,(H,25,26). The Morgan fingerprint density at radius 1 is 1.20 bits per heavy atom. The molecule has 30 heavy (non-hydrogen) atoms. The first-order valence-electron chi connectivity index (χ1n) is 9.42. The first kappa shape index (κ1) is 19.7. The molecule has 0 spiro atoms. The summed E-state index contributed by atoms with van der Waals surface area (Å²) in [6, 6.07) is 9.76. The normalized spacial score (nSPS) is 13.9. The van der Waals surface area contributed by atoms with E-state index in [-0.39, 0.29) is 24.4 Å². The lowest BCUT2D eigenvalue weighted by molar-refractivity contribution is 0.278. The lowest BCUT2D eigenvalue weighted by atomic mass is 10.1. The van der Waals surface area contributed by atoms with Crippen molar-refractivity contribution in [2.75, 3.05) is 20.3 Å². The van der Waals surface area contributed by atoms with Gasteiger partial charge in [-0.3, -0.25) is 9.67 Å². The van der Waals surface area contributed by atoms with E-state index >= 15 is 0 Å². The number of aromatic nitrogens is 2. The predicted molar refractivity (Wildman–Crippen MR) is 109 cm³/mol. The van der Waals surface area contributed by atoms with E-state index in [1.807, 2.05) is 24.3 Å². The zero-order valence-electron chi connectivity index (χ0n) is 16.6. The van der Waals surface area contributed by atoms with Crippen molar-refractivity contribution in [1.29, 1.82) is 0 Å². The third-order valence-corrected chi connectivity index (χ3v) is 4.80. The van der Waals surface area contributed by atoms with Crippen molar-refractivity contribution in [2.45, 2.75) is 13.5 Å². The predicted octanol–water partition coefficient (Wildman–Crippen LogP) is 2.89. The average molecular weight is 413 g/mol. The summed E-state index contributed by atoms with van der Waals surface area (Å²) in [6.45, 7) is 2.25. The van der Waals surface area contributed by atoms with Crippen LogP contribution < -0.4 is 15.8 Å². The number of benzene rings is 2. The van der Waals surface area contributed by atoms with E-state index < -0.39 is 11.6 Å². The fourth-order valence-electron chi connectivity index (χ4n) is 3.33. The van der Waals surface area contributed by atoms with Crippen LogP contribution in [0.5, 0.6) is 5.75 Å².